The molecule has 0 aromatic heterocycles. The molecular weight excluding hydrogens is 580 g/mol. The van der Waals surface area contributed by atoms with Gasteiger partial charge in [0, 0.05) is 18.5 Å². The lowest BCUT2D eigenvalue weighted by Gasteiger charge is -2.34. The second kappa shape index (κ2) is 15.7. The Hall–Kier alpha value is -4.87. The Morgan fingerprint density at radius 3 is 2.00 bits per heavy atom. The van der Waals surface area contributed by atoms with Crippen molar-refractivity contribution in [2.24, 2.45) is 5.73 Å². The highest BCUT2D eigenvalue weighted by Crippen LogP contribution is 2.30. The molecule has 0 fully saturated rings. The lowest BCUT2D eigenvalue weighted by atomic mass is 9.99. The largest absolute Gasteiger partial charge is 0.508 e. The molecule has 45 heavy (non-hydrogen) atoms. The summed E-state index contributed by atoms with van der Waals surface area (Å²) in [6.07, 6.45) is -0.205. The van der Waals surface area contributed by atoms with Gasteiger partial charge in [-0.3, -0.25) is 14.4 Å². The lowest BCUT2D eigenvalue weighted by molar-refractivity contribution is -0.159. The first-order chi connectivity index (χ1) is 20.9. The quantitative estimate of drug-likeness (QED) is 0.194. The Bertz CT molecular complexity index is 1360. The standard InChI is InChI=1S/C33H44N4O8/c1-8-18-37(29(41)23(20-26(34)39)36-31(43)45-33(5,6)7)27(22-16-12-13-17-25(22)38)28(40)35-24(30(42)44-32(2,3)4)19-21-14-10-9-11-15-21/h8-17,23-24,27,38H,1,18-20H2,2-7H3,(H2,34,39)(H,35,40)(H,36,43). The molecule has 0 aliphatic rings. The highest BCUT2D eigenvalue weighted by Gasteiger charge is 2.39. The third-order valence-electron chi connectivity index (χ3n) is 6.09. The van der Waals surface area contributed by atoms with Crippen LogP contribution in [-0.4, -0.2) is 69.6 Å². The van der Waals surface area contributed by atoms with E-state index in [1.54, 1.807) is 71.9 Å². The molecule has 3 atom stereocenters. The van der Waals surface area contributed by atoms with E-state index in [-0.39, 0.29) is 24.3 Å². The number of ether oxygens (including phenoxy) is 2. The monoisotopic (exact) mass is 624 g/mol. The van der Waals surface area contributed by atoms with Gasteiger partial charge in [0.05, 0.1) is 6.42 Å². The van der Waals surface area contributed by atoms with Crippen molar-refractivity contribution in [3.63, 3.8) is 0 Å². The molecule has 2 rings (SSSR count). The van der Waals surface area contributed by atoms with Crippen LogP contribution in [0.4, 0.5) is 4.79 Å². The van der Waals surface area contributed by atoms with Gasteiger partial charge >= 0.3 is 12.1 Å². The number of rotatable bonds is 13. The number of nitrogens with one attached hydrogen (secondary N) is 2. The molecule has 2 aromatic rings. The van der Waals surface area contributed by atoms with Gasteiger partial charge in [-0.05, 0) is 53.2 Å². The topological polar surface area (TPSA) is 177 Å². The van der Waals surface area contributed by atoms with E-state index in [0.29, 0.717) is 0 Å². The Morgan fingerprint density at radius 2 is 1.47 bits per heavy atom. The molecule has 12 heteroatoms. The molecule has 2 aromatic carbocycles. The van der Waals surface area contributed by atoms with Crippen LogP contribution in [-0.2, 0) is 35.1 Å². The summed E-state index contributed by atoms with van der Waals surface area (Å²) in [4.78, 5) is 67.2. The summed E-state index contributed by atoms with van der Waals surface area (Å²) in [7, 11) is 0. The van der Waals surface area contributed by atoms with Crippen LogP contribution >= 0.6 is 0 Å². The molecular formula is C33H44N4O8. The van der Waals surface area contributed by atoms with Crippen LogP contribution in [0.15, 0.2) is 67.3 Å². The van der Waals surface area contributed by atoms with Gasteiger partial charge < -0.3 is 35.8 Å². The first-order valence-corrected chi connectivity index (χ1v) is 14.5. The summed E-state index contributed by atoms with van der Waals surface area (Å²) in [6, 6.07) is 10.5. The third-order valence-corrected chi connectivity index (χ3v) is 6.09. The van der Waals surface area contributed by atoms with Gasteiger partial charge in [0.25, 0.3) is 0 Å². The molecule has 0 radical (unpaired) electrons. The summed E-state index contributed by atoms with van der Waals surface area (Å²) < 4.78 is 10.9. The number of aromatic hydroxyl groups is 1. The van der Waals surface area contributed by atoms with E-state index >= 15 is 0 Å². The maximum absolute atomic E-state index is 14.2. The number of amides is 4. The van der Waals surface area contributed by atoms with Gasteiger partial charge in [0.1, 0.15) is 35.1 Å². The van der Waals surface area contributed by atoms with Crippen LogP contribution in [0.3, 0.4) is 0 Å². The van der Waals surface area contributed by atoms with Crippen molar-refractivity contribution in [2.75, 3.05) is 6.54 Å². The number of hydrogen-bond donors (Lipinski definition) is 4. The van der Waals surface area contributed by atoms with Crippen LogP contribution in [0.25, 0.3) is 0 Å². The van der Waals surface area contributed by atoms with E-state index in [9.17, 15) is 29.1 Å². The lowest BCUT2D eigenvalue weighted by Crippen LogP contribution is -2.55. The van der Waals surface area contributed by atoms with Crippen molar-refractivity contribution < 1.29 is 38.6 Å². The Labute approximate surface area is 263 Å². The molecule has 12 nitrogen and oxygen atoms in total. The average molecular weight is 625 g/mol. The minimum atomic E-state index is -1.55. The first-order valence-electron chi connectivity index (χ1n) is 14.5. The maximum atomic E-state index is 14.2. The number of carbonyl (C=O) groups excluding carboxylic acids is 5. The number of carbonyl (C=O) groups is 5. The van der Waals surface area contributed by atoms with Crippen molar-refractivity contribution in [1.82, 2.24) is 15.5 Å². The fraction of sp³-hybridized carbons (Fsp3) is 0.424. The second-order valence-electron chi connectivity index (χ2n) is 12.4. The Balaban J connectivity index is 2.60. The van der Waals surface area contributed by atoms with Gasteiger partial charge in [-0.15, -0.1) is 6.58 Å². The van der Waals surface area contributed by atoms with Crippen LogP contribution in [0, 0.1) is 0 Å². The Morgan fingerprint density at radius 1 is 0.889 bits per heavy atom. The van der Waals surface area contributed by atoms with Gasteiger partial charge in [-0.1, -0.05) is 54.6 Å². The molecule has 0 bridgehead atoms. The molecule has 4 amide bonds. The van der Waals surface area contributed by atoms with Gasteiger partial charge in [0.15, 0.2) is 0 Å². The summed E-state index contributed by atoms with van der Waals surface area (Å²) in [5, 5.41) is 15.9. The molecule has 0 aliphatic heterocycles. The molecule has 0 saturated carbocycles. The van der Waals surface area contributed by atoms with E-state index < -0.39 is 65.5 Å². The van der Waals surface area contributed by atoms with E-state index in [4.69, 9.17) is 15.2 Å². The molecule has 0 heterocycles. The normalized spacial score (nSPS) is 13.4. The molecule has 5 N–H and O–H groups in total. The van der Waals surface area contributed by atoms with E-state index in [1.807, 2.05) is 6.07 Å². The number of phenolic OH excluding ortho intramolecular Hbond substituents is 1. The highest BCUT2D eigenvalue weighted by molar-refractivity contribution is 5.96. The van der Waals surface area contributed by atoms with E-state index in [2.05, 4.69) is 17.2 Å². The molecule has 0 aliphatic carbocycles. The van der Waals surface area contributed by atoms with Crippen LogP contribution < -0.4 is 16.4 Å². The van der Waals surface area contributed by atoms with Crippen molar-refractivity contribution in [1.29, 1.82) is 0 Å². The van der Waals surface area contributed by atoms with Crippen molar-refractivity contribution in [2.45, 2.75) is 83.7 Å². The third kappa shape index (κ3) is 12.0. The number of esters is 1. The fourth-order valence-corrected chi connectivity index (χ4v) is 4.35. The predicted octanol–water partition coefficient (Wildman–Crippen LogP) is 3.29. The summed E-state index contributed by atoms with van der Waals surface area (Å²) in [5.41, 5.74) is 4.37. The molecule has 0 saturated heterocycles. The van der Waals surface area contributed by atoms with Crippen molar-refractivity contribution in [3.05, 3.63) is 78.4 Å². The number of alkyl carbamates (subject to hydrolysis) is 1. The van der Waals surface area contributed by atoms with Crippen LogP contribution in [0.2, 0.25) is 0 Å². The first kappa shape index (κ1) is 36.3. The zero-order valence-electron chi connectivity index (χ0n) is 26.7. The number of phenols is 1. The zero-order chi connectivity index (χ0) is 33.9. The second-order valence-corrected chi connectivity index (χ2v) is 12.4. The summed E-state index contributed by atoms with van der Waals surface area (Å²) in [5.74, 6) is -3.66. The summed E-state index contributed by atoms with van der Waals surface area (Å²) >= 11 is 0. The number of nitrogens with two attached hydrogens (primary N) is 1. The number of benzene rings is 2. The zero-order valence-corrected chi connectivity index (χ0v) is 26.7. The van der Waals surface area contributed by atoms with E-state index in [1.165, 1.54) is 24.3 Å². The molecule has 244 valence electrons. The van der Waals surface area contributed by atoms with Gasteiger partial charge in [0.2, 0.25) is 17.7 Å². The summed E-state index contributed by atoms with van der Waals surface area (Å²) in [6.45, 7) is 13.4. The minimum absolute atomic E-state index is 0.0166. The van der Waals surface area contributed by atoms with Crippen LogP contribution in [0.5, 0.6) is 5.75 Å². The number of nitrogens with zero attached hydrogens (tertiary/aromatic N) is 1. The fourth-order valence-electron chi connectivity index (χ4n) is 4.35. The van der Waals surface area contributed by atoms with Crippen molar-refractivity contribution >= 4 is 29.8 Å². The molecule has 3 unspecified atom stereocenters. The Kier molecular flexibility index (Phi) is 12.7. The minimum Gasteiger partial charge on any atom is -0.508 e. The number of para-hydroxylation sites is 1. The maximum Gasteiger partial charge on any atom is 0.408 e. The average Bonchev–Trinajstić information content (AvgIpc) is 2.91. The SMILES string of the molecule is C=CCN(C(=O)C(CC(N)=O)NC(=O)OC(C)(C)C)C(C(=O)NC(Cc1ccccc1)C(=O)OC(C)(C)C)c1ccccc1O. The van der Waals surface area contributed by atoms with E-state index in [0.717, 1.165) is 10.5 Å². The predicted molar refractivity (Wildman–Crippen MR) is 168 cm³/mol. The smallest absolute Gasteiger partial charge is 0.408 e. The number of primary amides is 1. The highest BCUT2D eigenvalue weighted by atomic mass is 16.6. The van der Waals surface area contributed by atoms with Crippen LogP contribution in [0.1, 0.15) is 65.1 Å². The van der Waals surface area contributed by atoms with Gasteiger partial charge in [-0.25, -0.2) is 9.59 Å². The van der Waals surface area contributed by atoms with Crippen molar-refractivity contribution in [3.8, 4) is 5.75 Å². The molecule has 0 spiro atoms. The number of hydrogen-bond acceptors (Lipinski definition) is 8. The van der Waals surface area contributed by atoms with Gasteiger partial charge in [-0.2, -0.15) is 0 Å².